The first-order valence-electron chi connectivity index (χ1n) is 10.5. The molecular weight excluding hydrogens is 438 g/mol. The van der Waals surface area contributed by atoms with E-state index in [0.717, 1.165) is 6.26 Å². The van der Waals surface area contributed by atoms with Crippen molar-refractivity contribution in [1.82, 2.24) is 9.62 Å². The van der Waals surface area contributed by atoms with Crippen molar-refractivity contribution in [3.63, 3.8) is 0 Å². The summed E-state index contributed by atoms with van der Waals surface area (Å²) in [7, 11) is -1.85. The minimum Gasteiger partial charge on any atom is -0.384 e. The van der Waals surface area contributed by atoms with Gasteiger partial charge in [-0.05, 0) is 36.1 Å². The Kier molecular flexibility index (Phi) is 6.08. The van der Waals surface area contributed by atoms with Crippen LogP contribution in [0, 0.1) is 17.0 Å². The van der Waals surface area contributed by atoms with Gasteiger partial charge in [0.05, 0.1) is 23.8 Å². The van der Waals surface area contributed by atoms with Crippen molar-refractivity contribution in [2.24, 2.45) is 5.41 Å². The van der Waals surface area contributed by atoms with Gasteiger partial charge in [-0.1, -0.05) is 30.3 Å². The molecule has 1 saturated heterocycles. The van der Waals surface area contributed by atoms with E-state index in [1.807, 2.05) is 0 Å². The Morgan fingerprint density at radius 1 is 1.19 bits per heavy atom. The first-order chi connectivity index (χ1) is 15.2. The molecule has 0 radical (unpaired) electrons. The molecule has 1 heterocycles. The van der Waals surface area contributed by atoms with Crippen LogP contribution in [-0.2, 0) is 19.6 Å². The maximum atomic E-state index is 14.5. The van der Waals surface area contributed by atoms with Crippen molar-refractivity contribution >= 4 is 15.9 Å². The van der Waals surface area contributed by atoms with E-state index in [1.165, 1.54) is 25.3 Å². The lowest BCUT2D eigenvalue weighted by atomic mass is 9.91. The van der Waals surface area contributed by atoms with Crippen LogP contribution in [0.2, 0.25) is 0 Å². The van der Waals surface area contributed by atoms with Gasteiger partial charge < -0.3 is 9.64 Å². The van der Waals surface area contributed by atoms with Crippen LogP contribution in [0.5, 0.6) is 0 Å². The van der Waals surface area contributed by atoms with Gasteiger partial charge in [0, 0.05) is 32.2 Å². The van der Waals surface area contributed by atoms with E-state index < -0.39 is 27.1 Å². The number of ether oxygens (including phenoxy) is 1. The molecule has 1 saturated carbocycles. The molecular formula is C23H26F2N2O4S. The van der Waals surface area contributed by atoms with E-state index >= 15 is 0 Å². The number of carbonyl (C=O) groups is 1. The van der Waals surface area contributed by atoms with Gasteiger partial charge >= 0.3 is 0 Å². The highest BCUT2D eigenvalue weighted by atomic mass is 32.2. The van der Waals surface area contributed by atoms with Crippen LogP contribution in [0.25, 0.3) is 11.1 Å². The standard InChI is InChI=1S/C23H26F2N2O4S/c1-31-14-23(22(28)27-11-10-15(13-27)26-32(2,29)30)12-18(23)16-6-3-4-7-17(16)21-19(24)8-5-9-20(21)25/h3-9,15,18,26H,10-14H2,1-2H3/t15-,18+,23+/m0/s1. The molecule has 2 aromatic carbocycles. The summed E-state index contributed by atoms with van der Waals surface area (Å²) in [5, 5.41) is 0. The number of nitrogens with zero attached hydrogens (tertiary/aromatic N) is 1. The molecule has 4 rings (SSSR count). The van der Waals surface area contributed by atoms with Gasteiger partial charge in [0.15, 0.2) is 0 Å². The molecule has 3 atom stereocenters. The number of methoxy groups -OCH3 is 1. The lowest BCUT2D eigenvalue weighted by Crippen LogP contribution is -2.42. The van der Waals surface area contributed by atoms with Crippen LogP contribution in [0.1, 0.15) is 24.3 Å². The Labute approximate surface area is 186 Å². The van der Waals surface area contributed by atoms with E-state index in [4.69, 9.17) is 4.74 Å². The lowest BCUT2D eigenvalue weighted by molar-refractivity contribution is -0.138. The van der Waals surface area contributed by atoms with E-state index in [2.05, 4.69) is 4.72 Å². The Balaban J connectivity index is 1.63. The van der Waals surface area contributed by atoms with Crippen molar-refractivity contribution in [1.29, 1.82) is 0 Å². The highest BCUT2D eigenvalue weighted by Crippen LogP contribution is 2.62. The van der Waals surface area contributed by atoms with Crippen LogP contribution in [0.3, 0.4) is 0 Å². The Hall–Kier alpha value is -2.36. The number of benzene rings is 2. The molecule has 0 aromatic heterocycles. The van der Waals surface area contributed by atoms with Gasteiger partial charge in [-0.15, -0.1) is 0 Å². The summed E-state index contributed by atoms with van der Waals surface area (Å²) in [4.78, 5) is 15.2. The molecule has 0 bridgehead atoms. The molecule has 1 amide bonds. The number of hydrogen-bond donors (Lipinski definition) is 1. The van der Waals surface area contributed by atoms with Gasteiger partial charge in [0.2, 0.25) is 15.9 Å². The topological polar surface area (TPSA) is 75.7 Å². The second-order valence-electron chi connectivity index (χ2n) is 8.66. The van der Waals surface area contributed by atoms with Crippen molar-refractivity contribution in [2.75, 3.05) is 33.1 Å². The van der Waals surface area contributed by atoms with Crippen LogP contribution >= 0.6 is 0 Å². The molecule has 6 nitrogen and oxygen atoms in total. The zero-order valence-electron chi connectivity index (χ0n) is 18.0. The molecule has 1 N–H and O–H groups in total. The minimum atomic E-state index is -3.37. The lowest BCUT2D eigenvalue weighted by Gasteiger charge is -2.25. The normalized spacial score (nSPS) is 25.2. The van der Waals surface area contributed by atoms with Crippen LogP contribution in [0.15, 0.2) is 42.5 Å². The Bertz CT molecular complexity index is 1120. The van der Waals surface area contributed by atoms with Gasteiger partial charge in [-0.25, -0.2) is 21.9 Å². The van der Waals surface area contributed by atoms with Crippen LogP contribution < -0.4 is 4.72 Å². The molecule has 2 aromatic rings. The number of sulfonamides is 1. The second-order valence-corrected chi connectivity index (χ2v) is 10.4. The van der Waals surface area contributed by atoms with Gasteiger partial charge in [-0.3, -0.25) is 4.79 Å². The third-order valence-electron chi connectivity index (χ3n) is 6.33. The number of nitrogens with one attached hydrogen (secondary N) is 1. The molecule has 1 aliphatic heterocycles. The SMILES string of the molecule is COC[C@]1(C(=O)N2CC[C@H](NS(C)(=O)=O)C2)C[C@@H]1c1ccccc1-c1c(F)cccc1F. The first kappa shape index (κ1) is 22.8. The van der Waals surface area contributed by atoms with Gasteiger partial charge in [0.25, 0.3) is 0 Å². The molecule has 1 aliphatic carbocycles. The molecule has 2 aliphatic rings. The molecule has 0 spiro atoms. The maximum Gasteiger partial charge on any atom is 0.231 e. The van der Waals surface area contributed by atoms with Crippen LogP contribution in [-0.4, -0.2) is 58.3 Å². The molecule has 172 valence electrons. The molecule has 9 heteroatoms. The highest BCUT2D eigenvalue weighted by molar-refractivity contribution is 7.88. The zero-order chi connectivity index (χ0) is 23.1. The van der Waals surface area contributed by atoms with Gasteiger partial charge in [0.1, 0.15) is 11.6 Å². The molecule has 0 unspecified atom stereocenters. The summed E-state index contributed by atoms with van der Waals surface area (Å²) < 4.78 is 60.1. The maximum absolute atomic E-state index is 14.5. The smallest absolute Gasteiger partial charge is 0.231 e. The van der Waals surface area contributed by atoms with Crippen molar-refractivity contribution in [3.8, 4) is 11.1 Å². The average molecular weight is 465 g/mol. The third kappa shape index (κ3) is 4.29. The van der Waals surface area contributed by atoms with Crippen LogP contribution in [0.4, 0.5) is 8.78 Å². The largest absolute Gasteiger partial charge is 0.384 e. The van der Waals surface area contributed by atoms with Crippen molar-refractivity contribution in [3.05, 3.63) is 59.7 Å². The van der Waals surface area contributed by atoms with E-state index in [-0.39, 0.29) is 36.6 Å². The number of rotatable bonds is 7. The Morgan fingerprint density at radius 2 is 1.88 bits per heavy atom. The van der Waals surface area contributed by atoms with E-state index in [1.54, 1.807) is 29.2 Å². The predicted octanol–water partition coefficient (Wildman–Crippen LogP) is 2.90. The fourth-order valence-electron chi connectivity index (χ4n) is 4.87. The van der Waals surface area contributed by atoms with Crippen molar-refractivity contribution in [2.45, 2.75) is 24.8 Å². The van der Waals surface area contributed by atoms with Crippen molar-refractivity contribution < 1.29 is 26.7 Å². The predicted molar refractivity (Wildman–Crippen MR) is 116 cm³/mol. The monoisotopic (exact) mass is 464 g/mol. The summed E-state index contributed by atoms with van der Waals surface area (Å²) in [6, 6.07) is 10.4. The highest BCUT2D eigenvalue weighted by Gasteiger charge is 2.62. The molecule has 2 fully saturated rings. The summed E-state index contributed by atoms with van der Waals surface area (Å²) in [6.07, 6.45) is 2.12. The number of amides is 1. The summed E-state index contributed by atoms with van der Waals surface area (Å²) in [5.41, 5.74) is 0.184. The molecule has 32 heavy (non-hydrogen) atoms. The minimum absolute atomic E-state index is 0.104. The second kappa shape index (κ2) is 8.53. The fraction of sp³-hybridized carbons (Fsp3) is 0.435. The average Bonchev–Trinajstić information content (AvgIpc) is 3.27. The van der Waals surface area contributed by atoms with Gasteiger partial charge in [-0.2, -0.15) is 0 Å². The summed E-state index contributed by atoms with van der Waals surface area (Å²) >= 11 is 0. The number of hydrogen-bond acceptors (Lipinski definition) is 4. The van der Waals surface area contributed by atoms with E-state index in [9.17, 15) is 22.0 Å². The van der Waals surface area contributed by atoms with E-state index in [0.29, 0.717) is 30.5 Å². The third-order valence-corrected chi connectivity index (χ3v) is 7.09. The fourth-order valence-corrected chi connectivity index (χ4v) is 5.67. The number of halogens is 2. The zero-order valence-corrected chi connectivity index (χ0v) is 18.8. The summed E-state index contributed by atoms with van der Waals surface area (Å²) in [5.74, 6) is -1.69. The number of likely N-dealkylation sites (tertiary alicyclic amines) is 1. The quantitative estimate of drug-likeness (QED) is 0.684. The summed E-state index contributed by atoms with van der Waals surface area (Å²) in [6.45, 7) is 0.896. The first-order valence-corrected chi connectivity index (χ1v) is 12.3. The number of carbonyl (C=O) groups excluding carboxylic acids is 1. The Morgan fingerprint density at radius 3 is 2.53 bits per heavy atom.